The molecule has 126 valence electrons. The van der Waals surface area contributed by atoms with Crippen LogP contribution in [0.5, 0.6) is 0 Å². The van der Waals surface area contributed by atoms with E-state index >= 15 is 0 Å². The molecule has 0 aliphatic carbocycles. The molecule has 3 aliphatic heterocycles. The Morgan fingerprint density at radius 1 is 0.958 bits per heavy atom. The molecule has 2 atom stereocenters. The number of nitrogens with zero attached hydrogens (tertiary/aromatic N) is 3. The highest BCUT2D eigenvalue weighted by atomic mass is 16.2. The number of rotatable bonds is 3. The Labute approximate surface area is 141 Å². The van der Waals surface area contributed by atoms with E-state index in [1.54, 1.807) is 9.80 Å². The molecule has 6 heteroatoms. The number of amides is 4. The van der Waals surface area contributed by atoms with E-state index in [0.717, 1.165) is 18.4 Å². The molecule has 0 radical (unpaired) electrons. The number of urea groups is 1. The molecule has 3 aliphatic rings. The number of hydrogen-bond donors (Lipinski definition) is 0. The lowest BCUT2D eigenvalue weighted by Gasteiger charge is -2.22. The minimum absolute atomic E-state index is 0.113. The summed E-state index contributed by atoms with van der Waals surface area (Å²) in [5.74, 6) is -0.300. The zero-order valence-electron chi connectivity index (χ0n) is 13.8. The van der Waals surface area contributed by atoms with Crippen LogP contribution >= 0.6 is 0 Å². The predicted octanol–water partition coefficient (Wildman–Crippen LogP) is 1.52. The highest BCUT2D eigenvalue weighted by molar-refractivity contribution is 6.08. The second-order valence-electron chi connectivity index (χ2n) is 6.89. The molecule has 3 heterocycles. The van der Waals surface area contributed by atoms with Crippen LogP contribution in [-0.2, 0) is 16.1 Å². The molecule has 1 aromatic rings. The highest BCUT2D eigenvalue weighted by Crippen LogP contribution is 2.31. The Balaban J connectivity index is 1.48. The van der Waals surface area contributed by atoms with Crippen LogP contribution in [0, 0.1) is 6.92 Å². The molecule has 0 saturated carbocycles. The van der Waals surface area contributed by atoms with Crippen molar-refractivity contribution in [1.82, 2.24) is 14.7 Å². The van der Waals surface area contributed by atoms with E-state index in [-0.39, 0.29) is 23.9 Å². The number of carbonyl (C=O) groups is 3. The molecule has 4 rings (SSSR count). The topological polar surface area (TPSA) is 60.9 Å². The van der Waals surface area contributed by atoms with E-state index in [0.29, 0.717) is 26.1 Å². The summed E-state index contributed by atoms with van der Waals surface area (Å²) < 4.78 is 0. The first kappa shape index (κ1) is 15.2. The Morgan fingerprint density at radius 2 is 1.71 bits per heavy atom. The zero-order chi connectivity index (χ0) is 16.8. The first-order valence-electron chi connectivity index (χ1n) is 8.54. The molecule has 6 nitrogen and oxygen atoms in total. The molecule has 0 bridgehead atoms. The van der Waals surface area contributed by atoms with Gasteiger partial charge in [0.1, 0.15) is 12.1 Å². The lowest BCUT2D eigenvalue weighted by Crippen LogP contribution is -2.46. The van der Waals surface area contributed by atoms with Crippen LogP contribution in [0.15, 0.2) is 24.3 Å². The van der Waals surface area contributed by atoms with Gasteiger partial charge in [-0.3, -0.25) is 9.59 Å². The third kappa shape index (κ3) is 2.28. The first-order chi connectivity index (χ1) is 11.6. The molecule has 0 unspecified atom stereocenters. The third-order valence-corrected chi connectivity index (χ3v) is 5.30. The molecule has 1 aromatic carbocycles. The van der Waals surface area contributed by atoms with Crippen LogP contribution in [0.3, 0.4) is 0 Å². The number of aryl methyl sites for hydroxylation is 1. The molecule has 0 aromatic heterocycles. The normalized spacial score (nSPS) is 26.7. The molecule has 0 N–H and O–H groups in total. The summed E-state index contributed by atoms with van der Waals surface area (Å²) in [6.07, 6.45) is 2.12. The van der Waals surface area contributed by atoms with Crippen LogP contribution in [0.2, 0.25) is 0 Å². The van der Waals surface area contributed by atoms with E-state index in [1.807, 2.05) is 31.2 Å². The Hall–Kier alpha value is -2.37. The largest absolute Gasteiger partial charge is 0.336 e. The van der Waals surface area contributed by atoms with Crippen molar-refractivity contribution < 1.29 is 14.4 Å². The molecular formula is C18H21N3O3. The summed E-state index contributed by atoms with van der Waals surface area (Å²) >= 11 is 0. The zero-order valence-corrected chi connectivity index (χ0v) is 13.8. The van der Waals surface area contributed by atoms with Crippen molar-refractivity contribution in [1.29, 1.82) is 0 Å². The summed E-state index contributed by atoms with van der Waals surface area (Å²) in [5, 5.41) is 0. The van der Waals surface area contributed by atoms with Gasteiger partial charge in [0.2, 0.25) is 5.91 Å². The first-order valence-corrected chi connectivity index (χ1v) is 8.54. The Bertz CT molecular complexity index is 678. The maximum Gasteiger partial charge on any atom is 0.328 e. The summed E-state index contributed by atoms with van der Waals surface area (Å²) in [4.78, 5) is 42.3. The van der Waals surface area contributed by atoms with Gasteiger partial charge in [0.05, 0.1) is 0 Å². The van der Waals surface area contributed by atoms with Crippen molar-refractivity contribution in [3.05, 3.63) is 35.4 Å². The number of fused-ring (bicyclic) bond motifs is 1. The molecule has 3 fully saturated rings. The number of benzene rings is 1. The van der Waals surface area contributed by atoms with Gasteiger partial charge in [0.15, 0.2) is 0 Å². The molecule has 0 spiro atoms. The van der Waals surface area contributed by atoms with Gasteiger partial charge in [-0.15, -0.1) is 0 Å². The van der Waals surface area contributed by atoms with Gasteiger partial charge < -0.3 is 9.80 Å². The third-order valence-electron chi connectivity index (χ3n) is 5.30. The SMILES string of the molecule is Cc1ccc(CN2CC[C@@H](N3C(=O)[C@H]4CCCN4C3=O)C2=O)cc1. The fourth-order valence-electron chi connectivity index (χ4n) is 3.97. The molecule has 3 saturated heterocycles. The van der Waals surface area contributed by atoms with Crippen LogP contribution in [0.1, 0.15) is 30.4 Å². The number of hydrogen-bond acceptors (Lipinski definition) is 3. The quantitative estimate of drug-likeness (QED) is 0.791. The average molecular weight is 327 g/mol. The second-order valence-corrected chi connectivity index (χ2v) is 6.89. The van der Waals surface area contributed by atoms with Crippen LogP contribution in [0.4, 0.5) is 4.79 Å². The Kier molecular flexibility index (Phi) is 3.55. The fourth-order valence-corrected chi connectivity index (χ4v) is 3.97. The minimum atomic E-state index is -0.624. The van der Waals surface area contributed by atoms with Gasteiger partial charge >= 0.3 is 6.03 Å². The van der Waals surface area contributed by atoms with E-state index in [4.69, 9.17) is 0 Å². The van der Waals surface area contributed by atoms with Crippen molar-refractivity contribution >= 4 is 17.8 Å². The second kappa shape index (κ2) is 5.61. The van der Waals surface area contributed by atoms with Crippen LogP contribution < -0.4 is 0 Å². The van der Waals surface area contributed by atoms with Crippen molar-refractivity contribution in [2.45, 2.75) is 44.8 Å². The van der Waals surface area contributed by atoms with Crippen molar-refractivity contribution in [2.75, 3.05) is 13.1 Å². The van der Waals surface area contributed by atoms with Crippen molar-refractivity contribution in [3.63, 3.8) is 0 Å². The highest BCUT2D eigenvalue weighted by Gasteiger charge is 2.53. The standard InChI is InChI=1S/C18H21N3O3/c1-12-4-6-13(7-5-12)11-19-10-8-15(16(19)22)21-17(23)14-3-2-9-20(14)18(21)24/h4-7,14-15H,2-3,8-11H2,1H3/t14-,15-/m1/s1. The molecular weight excluding hydrogens is 306 g/mol. The number of imide groups is 1. The lowest BCUT2D eigenvalue weighted by molar-refractivity contribution is -0.138. The Morgan fingerprint density at radius 3 is 2.42 bits per heavy atom. The van der Waals surface area contributed by atoms with Crippen LogP contribution in [-0.4, -0.2) is 57.7 Å². The fraction of sp³-hybridized carbons (Fsp3) is 0.500. The van der Waals surface area contributed by atoms with E-state index < -0.39 is 6.04 Å². The van der Waals surface area contributed by atoms with Gasteiger partial charge in [-0.2, -0.15) is 0 Å². The maximum absolute atomic E-state index is 12.7. The van der Waals surface area contributed by atoms with Gasteiger partial charge in [-0.05, 0) is 31.7 Å². The number of carbonyl (C=O) groups excluding carboxylic acids is 3. The maximum atomic E-state index is 12.7. The summed E-state index contributed by atoms with van der Waals surface area (Å²) in [6, 6.07) is 6.83. The van der Waals surface area contributed by atoms with E-state index in [9.17, 15) is 14.4 Å². The summed E-state index contributed by atoms with van der Waals surface area (Å²) in [6.45, 7) is 3.76. The van der Waals surface area contributed by atoms with Gasteiger partial charge in [-0.25, -0.2) is 9.69 Å². The summed E-state index contributed by atoms with van der Waals surface area (Å²) in [5.41, 5.74) is 2.24. The lowest BCUT2D eigenvalue weighted by atomic mass is 10.1. The van der Waals surface area contributed by atoms with Crippen molar-refractivity contribution in [2.24, 2.45) is 0 Å². The molecule has 4 amide bonds. The van der Waals surface area contributed by atoms with Gasteiger partial charge in [0.25, 0.3) is 5.91 Å². The summed E-state index contributed by atoms with van der Waals surface area (Å²) in [7, 11) is 0. The smallest absolute Gasteiger partial charge is 0.328 e. The minimum Gasteiger partial charge on any atom is -0.336 e. The van der Waals surface area contributed by atoms with Crippen LogP contribution in [0.25, 0.3) is 0 Å². The average Bonchev–Trinajstić information content (AvgIpc) is 3.23. The van der Waals surface area contributed by atoms with E-state index in [2.05, 4.69) is 0 Å². The monoisotopic (exact) mass is 327 g/mol. The van der Waals surface area contributed by atoms with Crippen molar-refractivity contribution in [3.8, 4) is 0 Å². The predicted molar refractivity (Wildman–Crippen MR) is 87.0 cm³/mol. The van der Waals surface area contributed by atoms with E-state index in [1.165, 1.54) is 10.5 Å². The van der Waals surface area contributed by atoms with Gasteiger partial charge in [-0.1, -0.05) is 29.8 Å². The molecule has 24 heavy (non-hydrogen) atoms. The van der Waals surface area contributed by atoms with Gasteiger partial charge in [0, 0.05) is 19.6 Å². The number of likely N-dealkylation sites (tertiary alicyclic amines) is 1.